The Morgan fingerprint density at radius 1 is 1.15 bits per heavy atom. The molecule has 1 N–H and O–H groups in total. The molecule has 26 heavy (non-hydrogen) atoms. The Balaban J connectivity index is 2.26. The van der Waals surface area contributed by atoms with Gasteiger partial charge in [-0.15, -0.1) is 0 Å². The molecule has 0 fully saturated rings. The Morgan fingerprint density at radius 2 is 1.85 bits per heavy atom. The second-order valence-corrected chi connectivity index (χ2v) is 5.63. The van der Waals surface area contributed by atoms with Crippen LogP contribution in [0.15, 0.2) is 30.3 Å². The first-order valence-electron chi connectivity index (χ1n) is 7.29. The zero-order chi connectivity index (χ0) is 19.4. The number of hydrogen-bond donors (Lipinski definition) is 1. The quantitative estimate of drug-likeness (QED) is 0.796. The first-order valence-corrected chi connectivity index (χ1v) is 7.67. The second kappa shape index (κ2) is 8.09. The van der Waals surface area contributed by atoms with Crippen molar-refractivity contribution >= 4 is 34.8 Å². The molecule has 2 rings (SSSR count). The van der Waals surface area contributed by atoms with Crippen molar-refractivity contribution in [2.45, 2.75) is 6.92 Å². The lowest BCUT2D eigenvalue weighted by molar-refractivity contribution is -0.120. The SMILES string of the molecule is COc1ccc(Cl)cc1N(CC(=O)Nc1ccc(F)c(F)c1F)C(C)=O. The van der Waals surface area contributed by atoms with E-state index in [0.29, 0.717) is 11.1 Å². The molecule has 138 valence electrons. The predicted molar refractivity (Wildman–Crippen MR) is 91.0 cm³/mol. The van der Waals surface area contributed by atoms with E-state index in [4.69, 9.17) is 16.3 Å². The zero-order valence-electron chi connectivity index (χ0n) is 13.8. The summed E-state index contributed by atoms with van der Waals surface area (Å²) in [6.07, 6.45) is 0. The molecule has 0 radical (unpaired) electrons. The van der Waals surface area contributed by atoms with E-state index in [0.717, 1.165) is 11.0 Å². The van der Waals surface area contributed by atoms with E-state index >= 15 is 0 Å². The monoisotopic (exact) mass is 386 g/mol. The Morgan fingerprint density at radius 3 is 2.46 bits per heavy atom. The number of halogens is 4. The Labute approximate surface area is 152 Å². The molecule has 9 heteroatoms. The number of hydrogen-bond acceptors (Lipinski definition) is 3. The molecule has 0 aliphatic heterocycles. The summed E-state index contributed by atoms with van der Waals surface area (Å²) in [5.41, 5.74) is -0.316. The lowest BCUT2D eigenvalue weighted by Crippen LogP contribution is -2.37. The third-order valence-electron chi connectivity index (χ3n) is 3.42. The van der Waals surface area contributed by atoms with Crippen molar-refractivity contribution in [3.05, 3.63) is 52.8 Å². The molecule has 2 aromatic rings. The Bertz CT molecular complexity index is 861. The Hall–Kier alpha value is -2.74. The van der Waals surface area contributed by atoms with E-state index < -0.39 is 41.5 Å². The minimum Gasteiger partial charge on any atom is -0.495 e. The maximum absolute atomic E-state index is 13.7. The van der Waals surface area contributed by atoms with Crippen LogP contribution in [0.2, 0.25) is 5.02 Å². The van der Waals surface area contributed by atoms with E-state index in [1.807, 2.05) is 0 Å². The summed E-state index contributed by atoms with van der Waals surface area (Å²) in [5.74, 6) is -5.67. The van der Waals surface area contributed by atoms with E-state index in [1.165, 1.54) is 26.2 Å². The van der Waals surface area contributed by atoms with Gasteiger partial charge in [-0.3, -0.25) is 14.5 Å². The number of carbonyl (C=O) groups excluding carboxylic acids is 2. The highest BCUT2D eigenvalue weighted by Crippen LogP contribution is 2.31. The molecule has 0 aromatic heterocycles. The van der Waals surface area contributed by atoms with Gasteiger partial charge >= 0.3 is 0 Å². The summed E-state index contributed by atoms with van der Waals surface area (Å²) in [4.78, 5) is 25.2. The van der Waals surface area contributed by atoms with Crippen LogP contribution in [0.4, 0.5) is 24.5 Å². The number of nitrogens with one attached hydrogen (secondary N) is 1. The molecule has 0 bridgehead atoms. The van der Waals surface area contributed by atoms with Gasteiger partial charge in [0.05, 0.1) is 18.5 Å². The lowest BCUT2D eigenvalue weighted by Gasteiger charge is -2.23. The van der Waals surface area contributed by atoms with Crippen molar-refractivity contribution in [3.63, 3.8) is 0 Å². The van der Waals surface area contributed by atoms with Crippen molar-refractivity contribution in [1.29, 1.82) is 0 Å². The van der Waals surface area contributed by atoms with E-state index in [1.54, 1.807) is 6.07 Å². The highest BCUT2D eigenvalue weighted by molar-refractivity contribution is 6.31. The van der Waals surface area contributed by atoms with Crippen molar-refractivity contribution in [3.8, 4) is 5.75 Å². The highest BCUT2D eigenvalue weighted by atomic mass is 35.5. The van der Waals surface area contributed by atoms with Crippen LogP contribution >= 0.6 is 11.6 Å². The predicted octanol–water partition coefficient (Wildman–Crippen LogP) is 3.76. The van der Waals surface area contributed by atoms with Crippen molar-refractivity contribution in [1.82, 2.24) is 0 Å². The Kier molecular flexibility index (Phi) is 6.10. The summed E-state index contributed by atoms with van der Waals surface area (Å²) in [7, 11) is 1.38. The van der Waals surface area contributed by atoms with Crippen LogP contribution in [0.3, 0.4) is 0 Å². The van der Waals surface area contributed by atoms with Crippen LogP contribution in [0, 0.1) is 17.5 Å². The van der Waals surface area contributed by atoms with E-state index in [9.17, 15) is 22.8 Å². The molecule has 0 saturated carbocycles. The van der Waals surface area contributed by atoms with Gasteiger partial charge in [0.1, 0.15) is 12.3 Å². The molecule has 0 aliphatic carbocycles. The van der Waals surface area contributed by atoms with Crippen LogP contribution < -0.4 is 15.0 Å². The summed E-state index contributed by atoms with van der Waals surface area (Å²) in [5, 5.41) is 2.40. The van der Waals surface area contributed by atoms with Gasteiger partial charge in [-0.1, -0.05) is 11.6 Å². The maximum Gasteiger partial charge on any atom is 0.244 e. The number of methoxy groups -OCH3 is 1. The van der Waals surface area contributed by atoms with Gasteiger partial charge in [0.2, 0.25) is 11.8 Å². The highest BCUT2D eigenvalue weighted by Gasteiger charge is 2.21. The van der Waals surface area contributed by atoms with Crippen LogP contribution in [0.1, 0.15) is 6.92 Å². The largest absolute Gasteiger partial charge is 0.495 e. The van der Waals surface area contributed by atoms with Crippen molar-refractivity contribution < 1.29 is 27.5 Å². The number of benzene rings is 2. The molecule has 0 heterocycles. The number of carbonyl (C=O) groups is 2. The van der Waals surface area contributed by atoms with Gasteiger partial charge in [-0.2, -0.15) is 0 Å². The minimum atomic E-state index is -1.71. The molecule has 0 atom stereocenters. The zero-order valence-corrected chi connectivity index (χ0v) is 14.5. The first kappa shape index (κ1) is 19.6. The number of ether oxygens (including phenoxy) is 1. The minimum absolute atomic E-state index is 0.230. The normalized spacial score (nSPS) is 10.4. The molecule has 0 aliphatic rings. The number of anilines is 2. The van der Waals surface area contributed by atoms with Crippen LogP contribution in [-0.4, -0.2) is 25.5 Å². The fourth-order valence-corrected chi connectivity index (χ4v) is 2.36. The summed E-state index contributed by atoms with van der Waals surface area (Å²) in [6, 6.07) is 6.03. The lowest BCUT2D eigenvalue weighted by atomic mass is 10.2. The van der Waals surface area contributed by atoms with Crippen LogP contribution in [0.25, 0.3) is 0 Å². The van der Waals surface area contributed by atoms with Gasteiger partial charge in [0.25, 0.3) is 0 Å². The number of amides is 2. The van der Waals surface area contributed by atoms with E-state index in [-0.39, 0.29) is 11.4 Å². The van der Waals surface area contributed by atoms with Crippen molar-refractivity contribution in [2.75, 3.05) is 23.9 Å². The third kappa shape index (κ3) is 4.26. The van der Waals surface area contributed by atoms with Gasteiger partial charge in [0, 0.05) is 11.9 Å². The fraction of sp³-hybridized carbons (Fsp3) is 0.176. The average molecular weight is 387 g/mol. The fourth-order valence-electron chi connectivity index (χ4n) is 2.20. The smallest absolute Gasteiger partial charge is 0.244 e. The molecule has 0 spiro atoms. The summed E-state index contributed by atoms with van der Waals surface area (Å²) < 4.78 is 45.0. The number of rotatable bonds is 5. The third-order valence-corrected chi connectivity index (χ3v) is 3.66. The molecule has 2 aromatic carbocycles. The van der Waals surface area contributed by atoms with Gasteiger partial charge in [-0.25, -0.2) is 13.2 Å². The average Bonchev–Trinajstić information content (AvgIpc) is 2.60. The van der Waals surface area contributed by atoms with Gasteiger partial charge in [0.15, 0.2) is 17.5 Å². The molecule has 2 amide bonds. The van der Waals surface area contributed by atoms with Crippen LogP contribution in [0.5, 0.6) is 5.75 Å². The molecular formula is C17H14ClF3N2O3. The molecule has 5 nitrogen and oxygen atoms in total. The second-order valence-electron chi connectivity index (χ2n) is 5.19. The van der Waals surface area contributed by atoms with Crippen LogP contribution in [-0.2, 0) is 9.59 Å². The van der Waals surface area contributed by atoms with Gasteiger partial charge < -0.3 is 10.1 Å². The standard InChI is InChI=1S/C17H14ClF3N2O3/c1-9(24)23(13-7-10(18)3-6-14(13)26-2)8-15(25)22-12-5-4-11(19)16(20)17(12)21/h3-7H,8H2,1-2H3,(H,22,25). The summed E-state index contributed by atoms with van der Waals surface area (Å²) in [6.45, 7) is 0.691. The molecule has 0 unspecified atom stereocenters. The maximum atomic E-state index is 13.7. The molecular weight excluding hydrogens is 373 g/mol. The first-order chi connectivity index (χ1) is 12.2. The van der Waals surface area contributed by atoms with Gasteiger partial charge in [-0.05, 0) is 30.3 Å². The number of nitrogens with zero attached hydrogens (tertiary/aromatic N) is 1. The summed E-state index contributed by atoms with van der Waals surface area (Å²) >= 11 is 5.92. The van der Waals surface area contributed by atoms with E-state index in [2.05, 4.69) is 5.32 Å². The topological polar surface area (TPSA) is 58.6 Å². The molecule has 0 saturated heterocycles. The van der Waals surface area contributed by atoms with Crippen molar-refractivity contribution in [2.24, 2.45) is 0 Å².